The topological polar surface area (TPSA) is 63.3 Å². The molecule has 1 aromatic rings. The van der Waals surface area contributed by atoms with Crippen LogP contribution in [0.4, 0.5) is 5.69 Å². The zero-order valence-corrected chi connectivity index (χ0v) is 5.24. The molecule has 0 aliphatic carbocycles. The van der Waals surface area contributed by atoms with Crippen molar-refractivity contribution >= 4 is 11.7 Å². The van der Waals surface area contributed by atoms with Crippen LogP contribution in [0, 0.1) is 0 Å². The number of carbonyl (C=O) groups is 1. The first-order valence-corrected chi connectivity index (χ1v) is 2.79. The van der Waals surface area contributed by atoms with E-state index in [4.69, 9.17) is 10.8 Å². The Balaban J connectivity index is 0.000001000. The minimum atomic E-state index is -0.952. The van der Waals surface area contributed by atoms with Crippen LogP contribution in [0.15, 0.2) is 24.3 Å². The van der Waals surface area contributed by atoms with E-state index in [9.17, 15) is 4.79 Å². The molecule has 0 saturated carbocycles. The van der Waals surface area contributed by atoms with Gasteiger partial charge >= 0.3 is 5.97 Å². The van der Waals surface area contributed by atoms with Crippen LogP contribution in [0.3, 0.4) is 0 Å². The van der Waals surface area contributed by atoms with Gasteiger partial charge in [-0.1, -0.05) is 6.07 Å². The molecule has 0 spiro atoms. The van der Waals surface area contributed by atoms with E-state index in [0.717, 1.165) is 0 Å². The summed E-state index contributed by atoms with van der Waals surface area (Å²) in [6, 6.07) is 6.17. The Morgan fingerprint density at radius 2 is 2.30 bits per heavy atom. The van der Waals surface area contributed by atoms with Gasteiger partial charge in [-0.25, -0.2) is 4.79 Å². The number of anilines is 1. The molecule has 54 valence electrons. The molecule has 3 nitrogen and oxygen atoms in total. The molecule has 0 aliphatic heterocycles. The highest BCUT2D eigenvalue weighted by Gasteiger charge is 1.99. The number of aromatic carboxylic acids is 1. The van der Waals surface area contributed by atoms with Crippen molar-refractivity contribution in [2.75, 3.05) is 5.73 Å². The summed E-state index contributed by atoms with van der Waals surface area (Å²) in [6.45, 7) is 0. The molecule has 0 radical (unpaired) electrons. The van der Waals surface area contributed by atoms with Crippen molar-refractivity contribution in [1.29, 1.82) is 0 Å². The van der Waals surface area contributed by atoms with Gasteiger partial charge in [0.15, 0.2) is 0 Å². The number of carboxylic acids is 1. The van der Waals surface area contributed by atoms with E-state index in [-0.39, 0.29) is 6.99 Å². The average Bonchev–Trinajstić information content (AvgIpc) is 1.88. The fourth-order valence-corrected chi connectivity index (χ4v) is 0.672. The van der Waals surface area contributed by atoms with Crippen LogP contribution in [0.25, 0.3) is 0 Å². The molecule has 0 aromatic heterocycles. The Hall–Kier alpha value is -1.51. The maximum atomic E-state index is 10.3. The van der Waals surface area contributed by atoms with Crippen molar-refractivity contribution in [3.05, 3.63) is 29.8 Å². The molecule has 0 aliphatic rings. The Morgan fingerprint density at radius 1 is 1.60 bits per heavy atom. The number of nitrogen functional groups attached to an aromatic ring is 1. The molecule has 1 aromatic carbocycles. The molecule has 3 heteroatoms. The molecule has 0 heterocycles. The first-order chi connectivity index (χ1) is 4.70. The van der Waals surface area contributed by atoms with E-state index in [2.05, 4.69) is 0 Å². The highest BCUT2D eigenvalue weighted by atomic mass is 16.4. The van der Waals surface area contributed by atoms with Crippen LogP contribution in [-0.4, -0.2) is 11.1 Å². The van der Waals surface area contributed by atoms with Crippen LogP contribution >= 0.6 is 0 Å². The average molecular weight is 139 g/mol. The van der Waals surface area contributed by atoms with E-state index < -0.39 is 5.97 Å². The van der Waals surface area contributed by atoms with E-state index >= 15 is 0 Å². The summed E-state index contributed by atoms with van der Waals surface area (Å²) >= 11 is 0. The predicted octanol–water partition coefficient (Wildman–Crippen LogP) is 1.21. The zero-order chi connectivity index (χ0) is 7.56. The van der Waals surface area contributed by atoms with Gasteiger partial charge in [-0.2, -0.15) is 0 Å². The Bertz CT molecular complexity index is 262. The smallest absolute Gasteiger partial charge is 0.335 e. The van der Waals surface area contributed by atoms with Crippen LogP contribution < -0.4 is 5.73 Å². The molecular weight excluding hydrogens is 130 g/mol. The number of nitrogens with two attached hydrogens (primary N) is 1. The maximum absolute atomic E-state index is 10.3. The van der Waals surface area contributed by atoms with E-state index in [1.165, 1.54) is 12.1 Å². The van der Waals surface area contributed by atoms with E-state index in [0.29, 0.717) is 5.69 Å². The summed E-state index contributed by atoms with van der Waals surface area (Å²) in [7, 11) is 0. The number of benzene rings is 1. The van der Waals surface area contributed by atoms with Gasteiger partial charge in [-0.15, -0.1) is 0 Å². The molecule has 0 bridgehead atoms. The lowest BCUT2D eigenvalue weighted by Gasteiger charge is -1.93. The van der Waals surface area contributed by atoms with Gasteiger partial charge in [-0.3, -0.25) is 0 Å². The highest BCUT2D eigenvalue weighted by molar-refractivity contribution is 5.88. The van der Waals surface area contributed by atoms with E-state index in [1.807, 2.05) is 0 Å². The van der Waals surface area contributed by atoms with Gasteiger partial charge in [0.05, 0.1) is 5.56 Å². The summed E-state index contributed by atoms with van der Waals surface area (Å²) < 4.78 is 0. The van der Waals surface area contributed by atoms with Crippen molar-refractivity contribution in [3.63, 3.8) is 0 Å². The molecule has 3 N–H and O–H groups in total. The molecule has 0 atom stereocenters. The summed E-state index contributed by atoms with van der Waals surface area (Å²) in [5, 5.41) is 8.45. The lowest BCUT2D eigenvalue weighted by Crippen LogP contribution is -1.96. The minimum absolute atomic E-state index is 0. The SMILES string of the molecule is Nc1cccc(C(=O)O)c1.[HH]. The Labute approximate surface area is 59.6 Å². The van der Waals surface area contributed by atoms with Crippen LogP contribution in [-0.2, 0) is 0 Å². The van der Waals surface area contributed by atoms with Gasteiger partial charge in [0.2, 0.25) is 0 Å². The standard InChI is InChI=1S/C7H7NO2.H2/c8-6-3-1-2-5(4-6)7(9)10;/h1-4H,8H2,(H,9,10);1H. The van der Waals surface area contributed by atoms with Gasteiger partial charge in [0.1, 0.15) is 0 Å². The quantitative estimate of drug-likeness (QED) is 0.575. The van der Waals surface area contributed by atoms with Gasteiger partial charge in [-0.05, 0) is 18.2 Å². The van der Waals surface area contributed by atoms with Crippen molar-refractivity contribution in [3.8, 4) is 0 Å². The minimum Gasteiger partial charge on any atom is -0.478 e. The van der Waals surface area contributed by atoms with Gasteiger partial charge < -0.3 is 10.8 Å². The fraction of sp³-hybridized carbons (Fsp3) is 0. The third kappa shape index (κ3) is 1.25. The Morgan fingerprint density at radius 3 is 2.70 bits per heavy atom. The summed E-state index contributed by atoms with van der Waals surface area (Å²) in [4.78, 5) is 10.3. The molecule has 0 fully saturated rings. The van der Waals surface area contributed by atoms with Gasteiger partial charge in [0.25, 0.3) is 0 Å². The Kier molecular flexibility index (Phi) is 1.58. The fourth-order valence-electron chi connectivity index (χ4n) is 0.672. The van der Waals surface area contributed by atoms with Crippen LogP contribution in [0.5, 0.6) is 0 Å². The van der Waals surface area contributed by atoms with Gasteiger partial charge in [0, 0.05) is 7.11 Å². The normalized spacial score (nSPS) is 9.20. The van der Waals surface area contributed by atoms with Crippen LogP contribution in [0.2, 0.25) is 0 Å². The second-order valence-corrected chi connectivity index (χ2v) is 1.93. The summed E-state index contributed by atoms with van der Waals surface area (Å²) in [6.07, 6.45) is 0. The van der Waals surface area contributed by atoms with Crippen molar-refractivity contribution in [2.45, 2.75) is 0 Å². The first kappa shape index (κ1) is 6.61. The maximum Gasteiger partial charge on any atom is 0.335 e. The molecule has 0 unspecified atom stereocenters. The monoisotopic (exact) mass is 139 g/mol. The second kappa shape index (κ2) is 2.39. The second-order valence-electron chi connectivity index (χ2n) is 1.93. The molecule has 0 amide bonds. The lowest BCUT2D eigenvalue weighted by molar-refractivity contribution is 0.0697. The summed E-state index contributed by atoms with van der Waals surface area (Å²) in [5.74, 6) is -0.952. The lowest BCUT2D eigenvalue weighted by atomic mass is 10.2. The first-order valence-electron chi connectivity index (χ1n) is 2.79. The molecule has 10 heavy (non-hydrogen) atoms. The number of hydrogen-bond acceptors (Lipinski definition) is 2. The largest absolute Gasteiger partial charge is 0.478 e. The molecular formula is C7H9NO2. The highest BCUT2D eigenvalue weighted by Crippen LogP contribution is 2.05. The van der Waals surface area contributed by atoms with Crippen molar-refractivity contribution in [2.24, 2.45) is 0 Å². The molecule has 1 rings (SSSR count). The number of hydrogen-bond donors (Lipinski definition) is 2. The van der Waals surface area contributed by atoms with Crippen molar-refractivity contribution in [1.82, 2.24) is 0 Å². The summed E-state index contributed by atoms with van der Waals surface area (Å²) in [5.41, 5.74) is 6.03. The molecule has 0 saturated heterocycles. The number of rotatable bonds is 1. The zero-order valence-electron chi connectivity index (χ0n) is 5.24. The van der Waals surface area contributed by atoms with Crippen molar-refractivity contribution < 1.29 is 11.3 Å². The number of carboxylic acid groups (broad SMARTS) is 1. The van der Waals surface area contributed by atoms with Crippen LogP contribution in [0.1, 0.15) is 11.8 Å². The van der Waals surface area contributed by atoms with E-state index in [1.54, 1.807) is 12.1 Å². The third-order valence-electron chi connectivity index (χ3n) is 1.13. The predicted molar refractivity (Wildman–Crippen MR) is 39.9 cm³/mol. The third-order valence-corrected chi connectivity index (χ3v) is 1.13.